The Balaban J connectivity index is 3.36. The average molecular weight is 489 g/mol. The minimum absolute atomic E-state index is 0.347. The van der Waals surface area contributed by atoms with Crippen molar-refractivity contribution in [1.29, 1.82) is 0 Å². The summed E-state index contributed by atoms with van der Waals surface area (Å²) in [6.07, 6.45) is 27.8. The van der Waals surface area contributed by atoms with E-state index in [0.717, 1.165) is 12.8 Å². The number of allylic oxidation sites excluding steroid dienone is 1. The van der Waals surface area contributed by atoms with Crippen LogP contribution in [0.3, 0.4) is 0 Å². The number of nitrogens with zero attached hydrogens (tertiary/aromatic N) is 1. The molecule has 0 aliphatic carbocycles. The van der Waals surface area contributed by atoms with Crippen LogP contribution in [0.25, 0.3) is 0 Å². The number of unbranched alkanes of at least 4 members (excludes halogenated alkanes) is 18. The first kappa shape index (κ1) is 32.8. The molecule has 0 spiro atoms. The Bertz CT molecular complexity index is 490. The van der Waals surface area contributed by atoms with E-state index in [1.807, 2.05) is 34.1 Å². The summed E-state index contributed by atoms with van der Waals surface area (Å²) in [6.45, 7) is 6.14. The van der Waals surface area contributed by atoms with E-state index in [-0.39, 0.29) is 5.78 Å². The summed E-state index contributed by atoms with van der Waals surface area (Å²) in [7, 11) is 2.31. The quantitative estimate of drug-likeness (QED) is 0.0603. The average Bonchev–Trinajstić information content (AvgIpc) is 2.74. The first-order chi connectivity index (χ1) is 15.8. The van der Waals surface area contributed by atoms with Crippen LogP contribution >= 0.6 is 7.60 Å². The first-order valence-electron chi connectivity index (χ1n) is 14.1. The molecule has 0 aromatic rings. The van der Waals surface area contributed by atoms with Crippen LogP contribution < -0.4 is 0 Å². The van der Waals surface area contributed by atoms with Gasteiger partial charge in [-0.2, -0.15) is 0 Å². The maximum absolute atomic E-state index is 12.5. The third-order valence-electron chi connectivity index (χ3n) is 6.71. The minimum Gasteiger partial charge on any atom is -0.320 e. The molecule has 0 saturated carbocycles. The fraction of sp³-hybridized carbons (Fsp3) is 0.929. The number of rotatable bonds is 25. The highest BCUT2D eigenvalue weighted by molar-refractivity contribution is 7.53. The second-order valence-electron chi connectivity index (χ2n) is 10.8. The first-order valence-corrected chi connectivity index (χ1v) is 15.8. The van der Waals surface area contributed by atoms with E-state index in [9.17, 15) is 9.46 Å². The maximum atomic E-state index is 12.5. The van der Waals surface area contributed by atoms with E-state index in [2.05, 4.69) is 6.58 Å². The molecule has 0 heterocycles. The SMILES string of the molecule is C=CCCCCCCCCCCCCCCCCCCCCOP(=O)(O)C(CC)[N+](C)(C)C. The third-order valence-corrected chi connectivity index (χ3v) is 9.08. The highest BCUT2D eigenvalue weighted by Gasteiger charge is 2.41. The highest BCUT2D eigenvalue weighted by atomic mass is 31.2. The van der Waals surface area contributed by atoms with Crippen molar-refractivity contribution in [3.05, 3.63) is 12.7 Å². The lowest BCUT2D eigenvalue weighted by Crippen LogP contribution is -2.44. The molecule has 33 heavy (non-hydrogen) atoms. The van der Waals surface area contributed by atoms with Crippen LogP contribution in [0, 0.1) is 0 Å². The van der Waals surface area contributed by atoms with Gasteiger partial charge in [0.2, 0.25) is 0 Å². The fourth-order valence-electron chi connectivity index (χ4n) is 4.72. The van der Waals surface area contributed by atoms with Crippen LogP contribution in [0.1, 0.15) is 135 Å². The Kier molecular flexibility index (Phi) is 21.1. The normalized spacial score (nSPS) is 14.8. The number of hydrogen-bond donors (Lipinski definition) is 1. The Morgan fingerprint density at radius 1 is 0.727 bits per heavy atom. The zero-order valence-electron chi connectivity index (χ0n) is 22.9. The van der Waals surface area contributed by atoms with Gasteiger partial charge in [-0.15, -0.1) is 6.58 Å². The van der Waals surface area contributed by atoms with E-state index >= 15 is 0 Å². The molecule has 0 aliphatic rings. The van der Waals surface area contributed by atoms with Gasteiger partial charge in [0.1, 0.15) is 0 Å². The summed E-state index contributed by atoms with van der Waals surface area (Å²) < 4.78 is 18.4. The molecule has 0 bridgehead atoms. The van der Waals surface area contributed by atoms with Crippen LogP contribution in [0.4, 0.5) is 0 Å². The lowest BCUT2D eigenvalue weighted by molar-refractivity contribution is -0.883. The second-order valence-corrected chi connectivity index (χ2v) is 12.8. The van der Waals surface area contributed by atoms with Crippen LogP contribution in [0.5, 0.6) is 0 Å². The fourth-order valence-corrected chi connectivity index (χ4v) is 6.62. The summed E-state index contributed by atoms with van der Waals surface area (Å²) in [5.41, 5.74) is 0. The zero-order valence-corrected chi connectivity index (χ0v) is 23.8. The van der Waals surface area contributed by atoms with Crippen molar-refractivity contribution < 1.29 is 18.5 Å². The third kappa shape index (κ3) is 19.8. The van der Waals surface area contributed by atoms with Gasteiger partial charge in [0.15, 0.2) is 5.78 Å². The molecule has 5 heteroatoms. The van der Waals surface area contributed by atoms with Gasteiger partial charge in [-0.25, -0.2) is 0 Å². The Morgan fingerprint density at radius 2 is 1.06 bits per heavy atom. The monoisotopic (exact) mass is 488 g/mol. The van der Waals surface area contributed by atoms with Gasteiger partial charge in [0, 0.05) is 6.42 Å². The molecule has 1 N–H and O–H groups in total. The van der Waals surface area contributed by atoms with Crippen molar-refractivity contribution in [3.8, 4) is 0 Å². The standard InChI is InChI=1S/C28H58NO3P/c1-6-8-9-10-11-12-13-14-15-16-17-18-19-20-21-22-23-24-25-26-27-32-33(30,31)28(7-2)29(3,4)5/h6,28H,1,7-27H2,2-5H3/p+1. The van der Waals surface area contributed by atoms with Crippen LogP contribution in [0.15, 0.2) is 12.7 Å². The lowest BCUT2D eigenvalue weighted by atomic mass is 10.0. The molecule has 4 nitrogen and oxygen atoms in total. The van der Waals surface area contributed by atoms with Gasteiger partial charge in [-0.1, -0.05) is 116 Å². The molecule has 0 amide bonds. The smallest absolute Gasteiger partial charge is 0.320 e. The van der Waals surface area contributed by atoms with Gasteiger partial charge in [-0.05, 0) is 19.3 Å². The molecule has 0 rings (SSSR count). The van der Waals surface area contributed by atoms with Crippen LogP contribution in [-0.4, -0.2) is 42.9 Å². The van der Waals surface area contributed by atoms with E-state index in [0.29, 0.717) is 17.5 Å². The van der Waals surface area contributed by atoms with Gasteiger partial charge in [0.05, 0.1) is 27.7 Å². The van der Waals surface area contributed by atoms with Gasteiger partial charge in [-0.3, -0.25) is 4.57 Å². The molecule has 2 atom stereocenters. The Labute approximate surface area is 207 Å². The summed E-state index contributed by atoms with van der Waals surface area (Å²) in [5, 5.41) is 0. The van der Waals surface area contributed by atoms with Crippen molar-refractivity contribution in [2.24, 2.45) is 0 Å². The maximum Gasteiger partial charge on any atom is 0.385 e. The molecule has 0 radical (unpaired) electrons. The molecule has 0 aliphatic heterocycles. The summed E-state index contributed by atoms with van der Waals surface area (Å²) in [5.74, 6) is -0.347. The highest BCUT2D eigenvalue weighted by Crippen LogP contribution is 2.51. The van der Waals surface area contributed by atoms with Gasteiger partial charge in [0.25, 0.3) is 0 Å². The molecular weight excluding hydrogens is 429 g/mol. The van der Waals surface area contributed by atoms with Gasteiger partial charge < -0.3 is 13.9 Å². The molecule has 0 aromatic heterocycles. The van der Waals surface area contributed by atoms with Crippen LogP contribution in [0.2, 0.25) is 0 Å². The molecule has 0 aromatic carbocycles. The molecule has 0 saturated heterocycles. The number of quaternary nitrogens is 1. The van der Waals surface area contributed by atoms with Crippen molar-refractivity contribution >= 4 is 7.60 Å². The summed E-state index contributed by atoms with van der Waals surface area (Å²) in [6, 6.07) is 0. The zero-order chi connectivity index (χ0) is 24.8. The van der Waals surface area contributed by atoms with Crippen molar-refractivity contribution in [2.75, 3.05) is 27.7 Å². The number of hydrogen-bond acceptors (Lipinski definition) is 2. The van der Waals surface area contributed by atoms with Crippen molar-refractivity contribution in [1.82, 2.24) is 0 Å². The predicted molar refractivity (Wildman–Crippen MR) is 146 cm³/mol. The second kappa shape index (κ2) is 21.2. The Morgan fingerprint density at radius 3 is 1.36 bits per heavy atom. The lowest BCUT2D eigenvalue weighted by Gasteiger charge is -2.35. The van der Waals surface area contributed by atoms with E-state index in [1.165, 1.54) is 109 Å². The molecule has 2 unspecified atom stereocenters. The predicted octanol–water partition coefficient (Wildman–Crippen LogP) is 9.23. The van der Waals surface area contributed by atoms with E-state index in [1.54, 1.807) is 0 Å². The largest absolute Gasteiger partial charge is 0.385 e. The van der Waals surface area contributed by atoms with Gasteiger partial charge >= 0.3 is 7.60 Å². The Hall–Kier alpha value is -0.150. The van der Waals surface area contributed by atoms with Crippen LogP contribution in [-0.2, 0) is 9.09 Å². The van der Waals surface area contributed by atoms with Crippen molar-refractivity contribution in [3.63, 3.8) is 0 Å². The summed E-state index contributed by atoms with van der Waals surface area (Å²) in [4.78, 5) is 10.3. The van der Waals surface area contributed by atoms with Crippen molar-refractivity contribution in [2.45, 2.75) is 141 Å². The molecule has 0 fully saturated rings. The molecular formula is C28H59NO3P+. The van der Waals surface area contributed by atoms with E-state index < -0.39 is 7.60 Å². The topological polar surface area (TPSA) is 46.5 Å². The van der Waals surface area contributed by atoms with E-state index in [4.69, 9.17) is 4.52 Å². The minimum atomic E-state index is -3.55. The summed E-state index contributed by atoms with van der Waals surface area (Å²) >= 11 is 0. The molecule has 198 valence electrons.